The van der Waals surface area contributed by atoms with Crippen molar-refractivity contribution in [1.29, 1.82) is 0 Å². The van der Waals surface area contributed by atoms with Gasteiger partial charge >= 0.3 is 11.7 Å². The summed E-state index contributed by atoms with van der Waals surface area (Å²) in [5, 5.41) is 19.1. The Morgan fingerprint density at radius 1 is 1.41 bits per heavy atom. The summed E-state index contributed by atoms with van der Waals surface area (Å²) in [5.41, 5.74) is -2.19. The fourth-order valence-electron chi connectivity index (χ4n) is 1.000. The molecule has 5 N–H and O–H groups in total. The van der Waals surface area contributed by atoms with Crippen molar-refractivity contribution >= 4 is 11.9 Å². The lowest BCUT2D eigenvalue weighted by molar-refractivity contribution is -0.140. The molecule has 0 fully saturated rings. The number of carbonyl (C=O) groups is 2. The largest absolute Gasteiger partial charge is 0.480 e. The van der Waals surface area contributed by atoms with Crippen molar-refractivity contribution in [2.75, 3.05) is 6.61 Å². The molecule has 1 amide bonds. The number of amides is 1. The number of hydrogen-bond donors (Lipinski definition) is 5. The van der Waals surface area contributed by atoms with Gasteiger partial charge in [-0.25, -0.2) is 9.59 Å². The Balaban J connectivity index is 2.94. The summed E-state index contributed by atoms with van der Waals surface area (Å²) in [4.78, 5) is 47.7. The van der Waals surface area contributed by atoms with Gasteiger partial charge in [0.2, 0.25) is 0 Å². The molecule has 0 aromatic carbocycles. The fourth-order valence-corrected chi connectivity index (χ4v) is 1.000. The first kappa shape index (κ1) is 12.6. The minimum atomic E-state index is -1.52. The number of aromatic nitrogens is 2. The van der Waals surface area contributed by atoms with Crippen molar-refractivity contribution in [3.63, 3.8) is 0 Å². The van der Waals surface area contributed by atoms with E-state index in [2.05, 4.69) is 4.98 Å². The van der Waals surface area contributed by atoms with Crippen LogP contribution in [0.15, 0.2) is 15.8 Å². The highest BCUT2D eigenvalue weighted by Gasteiger charge is 2.21. The molecule has 9 nitrogen and oxygen atoms in total. The van der Waals surface area contributed by atoms with Gasteiger partial charge in [-0.1, -0.05) is 0 Å². The van der Waals surface area contributed by atoms with Gasteiger partial charge in [-0.2, -0.15) is 0 Å². The van der Waals surface area contributed by atoms with Gasteiger partial charge < -0.3 is 20.5 Å². The van der Waals surface area contributed by atoms with Crippen LogP contribution < -0.4 is 16.6 Å². The highest BCUT2D eigenvalue weighted by Crippen LogP contribution is 1.89. The van der Waals surface area contributed by atoms with Gasteiger partial charge in [-0.3, -0.25) is 14.6 Å². The molecule has 1 rings (SSSR count). The first-order chi connectivity index (χ1) is 7.95. The smallest absolute Gasteiger partial charge is 0.328 e. The number of aliphatic hydroxyl groups is 1. The van der Waals surface area contributed by atoms with Crippen LogP contribution in [0.1, 0.15) is 10.4 Å². The molecule has 0 bridgehead atoms. The van der Waals surface area contributed by atoms with Gasteiger partial charge in [0.05, 0.1) is 6.61 Å². The molecule has 1 atom stereocenters. The van der Waals surface area contributed by atoms with Crippen LogP contribution in [0, 0.1) is 0 Å². The quantitative estimate of drug-likeness (QED) is 0.386. The molecule has 0 saturated heterocycles. The lowest BCUT2D eigenvalue weighted by Crippen LogP contribution is -2.45. The van der Waals surface area contributed by atoms with E-state index < -0.39 is 41.3 Å². The second-order valence-electron chi connectivity index (χ2n) is 3.03. The first-order valence-electron chi connectivity index (χ1n) is 4.42. The van der Waals surface area contributed by atoms with Crippen molar-refractivity contribution in [3.05, 3.63) is 32.6 Å². The van der Waals surface area contributed by atoms with Gasteiger partial charge in [0.25, 0.3) is 11.5 Å². The standard InChI is InChI=1S/C8H9N3O6/c12-2-4(7(15)16)10-5(13)3-1-9-8(17)11-6(3)14/h1,4,12H,2H2,(H,10,13)(H,15,16)(H2,9,11,14,17). The van der Waals surface area contributed by atoms with E-state index >= 15 is 0 Å². The topological polar surface area (TPSA) is 152 Å². The molecule has 1 unspecified atom stereocenters. The molecule has 9 heteroatoms. The third-order valence-electron chi connectivity index (χ3n) is 1.85. The summed E-state index contributed by atoms with van der Waals surface area (Å²) in [7, 11) is 0. The van der Waals surface area contributed by atoms with Crippen LogP contribution in [0.4, 0.5) is 0 Å². The number of hydrogen-bond acceptors (Lipinski definition) is 5. The summed E-state index contributed by atoms with van der Waals surface area (Å²) < 4.78 is 0. The normalized spacial score (nSPS) is 11.8. The minimum absolute atomic E-state index is 0.454. The minimum Gasteiger partial charge on any atom is -0.480 e. The number of aliphatic hydroxyl groups excluding tert-OH is 1. The van der Waals surface area contributed by atoms with Crippen molar-refractivity contribution in [2.45, 2.75) is 6.04 Å². The van der Waals surface area contributed by atoms with Crippen LogP contribution in [0.3, 0.4) is 0 Å². The predicted molar refractivity (Wildman–Crippen MR) is 53.7 cm³/mol. The average molecular weight is 243 g/mol. The molecule has 1 heterocycles. The Hall–Kier alpha value is -2.42. The van der Waals surface area contributed by atoms with E-state index in [9.17, 15) is 19.2 Å². The molecular formula is C8H9N3O6. The van der Waals surface area contributed by atoms with Gasteiger partial charge in [-0.05, 0) is 0 Å². The Morgan fingerprint density at radius 3 is 2.53 bits per heavy atom. The summed E-state index contributed by atoms with van der Waals surface area (Å²) in [6.07, 6.45) is 0.854. The number of aliphatic carboxylic acids is 1. The van der Waals surface area contributed by atoms with Gasteiger partial charge in [0, 0.05) is 6.20 Å². The van der Waals surface area contributed by atoms with Crippen LogP contribution in [0.25, 0.3) is 0 Å². The lowest BCUT2D eigenvalue weighted by Gasteiger charge is -2.10. The van der Waals surface area contributed by atoms with E-state index in [0.29, 0.717) is 0 Å². The van der Waals surface area contributed by atoms with E-state index in [0.717, 1.165) is 6.20 Å². The molecule has 0 radical (unpaired) electrons. The van der Waals surface area contributed by atoms with Crippen LogP contribution in [0.2, 0.25) is 0 Å². The molecule has 17 heavy (non-hydrogen) atoms. The Labute approximate surface area is 93.1 Å². The fraction of sp³-hybridized carbons (Fsp3) is 0.250. The Kier molecular flexibility index (Phi) is 3.78. The van der Waals surface area contributed by atoms with E-state index in [1.54, 1.807) is 4.98 Å². The zero-order valence-electron chi connectivity index (χ0n) is 8.39. The van der Waals surface area contributed by atoms with Crippen LogP contribution in [-0.4, -0.2) is 44.7 Å². The number of aromatic amines is 2. The SMILES string of the molecule is O=C(NC(CO)C(=O)O)c1c[nH]c(=O)[nH]c1=O. The highest BCUT2D eigenvalue weighted by atomic mass is 16.4. The van der Waals surface area contributed by atoms with Gasteiger partial charge in [0.1, 0.15) is 5.56 Å². The van der Waals surface area contributed by atoms with Crippen LogP contribution in [0.5, 0.6) is 0 Å². The van der Waals surface area contributed by atoms with E-state index in [4.69, 9.17) is 10.2 Å². The monoisotopic (exact) mass is 243 g/mol. The number of rotatable bonds is 4. The summed E-state index contributed by atoms with van der Waals surface area (Å²) in [5.74, 6) is -2.45. The van der Waals surface area contributed by atoms with Crippen molar-refractivity contribution in [3.8, 4) is 0 Å². The summed E-state index contributed by atoms with van der Waals surface area (Å²) in [6, 6.07) is -1.52. The molecule has 0 aliphatic carbocycles. The maximum Gasteiger partial charge on any atom is 0.328 e. The maximum atomic E-state index is 11.4. The predicted octanol–water partition coefficient (Wildman–Crippen LogP) is -2.76. The Bertz CT molecular complexity index is 545. The van der Waals surface area contributed by atoms with Crippen LogP contribution >= 0.6 is 0 Å². The summed E-state index contributed by atoms with van der Waals surface area (Å²) >= 11 is 0. The van der Waals surface area contributed by atoms with E-state index in [1.165, 1.54) is 0 Å². The number of H-pyrrole nitrogens is 2. The molecule has 1 aromatic rings. The average Bonchev–Trinajstić information content (AvgIpc) is 2.24. The van der Waals surface area contributed by atoms with Crippen LogP contribution in [-0.2, 0) is 4.79 Å². The molecule has 0 aliphatic heterocycles. The maximum absolute atomic E-state index is 11.4. The molecular weight excluding hydrogens is 234 g/mol. The number of carbonyl (C=O) groups excluding carboxylic acids is 1. The highest BCUT2D eigenvalue weighted by molar-refractivity contribution is 5.95. The molecule has 0 aliphatic rings. The van der Waals surface area contributed by atoms with Crippen molar-refractivity contribution in [2.24, 2.45) is 0 Å². The second-order valence-corrected chi connectivity index (χ2v) is 3.03. The van der Waals surface area contributed by atoms with Gasteiger partial charge in [0.15, 0.2) is 6.04 Å². The first-order valence-corrected chi connectivity index (χ1v) is 4.42. The Morgan fingerprint density at radius 2 is 2.06 bits per heavy atom. The molecule has 1 aromatic heterocycles. The molecule has 0 saturated carbocycles. The third kappa shape index (κ3) is 3.01. The molecule has 0 spiro atoms. The zero-order valence-corrected chi connectivity index (χ0v) is 8.39. The summed E-state index contributed by atoms with van der Waals surface area (Å²) in [6.45, 7) is -0.817. The number of carboxylic acids is 1. The van der Waals surface area contributed by atoms with E-state index in [1.807, 2.05) is 5.32 Å². The zero-order chi connectivity index (χ0) is 13.0. The van der Waals surface area contributed by atoms with Crippen molar-refractivity contribution < 1.29 is 19.8 Å². The lowest BCUT2D eigenvalue weighted by atomic mass is 10.2. The second kappa shape index (κ2) is 5.07. The van der Waals surface area contributed by atoms with E-state index in [-0.39, 0.29) is 0 Å². The number of carboxylic acid groups (broad SMARTS) is 1. The van der Waals surface area contributed by atoms with Gasteiger partial charge in [-0.15, -0.1) is 0 Å². The molecule has 92 valence electrons. The number of nitrogens with one attached hydrogen (secondary N) is 3. The van der Waals surface area contributed by atoms with Crippen molar-refractivity contribution in [1.82, 2.24) is 15.3 Å². The third-order valence-corrected chi connectivity index (χ3v) is 1.85.